The van der Waals surface area contributed by atoms with E-state index in [4.69, 9.17) is 5.73 Å². The first kappa shape index (κ1) is 14.4. The summed E-state index contributed by atoms with van der Waals surface area (Å²) in [6.45, 7) is 1.16. The molecule has 0 fully saturated rings. The predicted octanol–water partition coefficient (Wildman–Crippen LogP) is 0.469. The molecule has 1 amide bonds. The number of carbonyl (C=O) groups is 1. The maximum Gasteiger partial charge on any atom is 0.251 e. The second kappa shape index (κ2) is 6.32. The molecule has 1 aromatic heterocycles. The molecule has 0 saturated carbocycles. The van der Waals surface area contributed by atoms with Crippen molar-refractivity contribution in [2.24, 2.45) is 12.8 Å². The molecule has 0 unspecified atom stereocenters. The van der Waals surface area contributed by atoms with Gasteiger partial charge in [0.05, 0.1) is 5.52 Å². The lowest BCUT2D eigenvalue weighted by Gasteiger charge is -2.03. The number of nitrogens with zero attached hydrogens (tertiary/aromatic N) is 3. The molecule has 1 heterocycles. The Balaban J connectivity index is 0.00000162. The number of benzene rings is 1. The van der Waals surface area contributed by atoms with Gasteiger partial charge in [-0.2, -0.15) is 0 Å². The number of hydrogen-bond donors (Lipinski definition) is 2. The first-order chi connectivity index (χ1) is 8.22. The number of fused-ring (bicyclic) bond motifs is 1. The summed E-state index contributed by atoms with van der Waals surface area (Å²) < 4.78 is 1.67. The standard InChI is InChI=1S/C11H15N5O.ClH/c1-16-10-4-3-8(7-9(10)14-15-16)11(17)13-6-2-5-12;/h3-4,7H,2,5-6,12H2,1H3,(H,13,17);1H. The minimum absolute atomic E-state index is 0. The van der Waals surface area contributed by atoms with Gasteiger partial charge < -0.3 is 11.1 Å². The molecule has 2 rings (SSSR count). The molecule has 3 N–H and O–H groups in total. The molecule has 0 radical (unpaired) electrons. The Morgan fingerprint density at radius 1 is 1.50 bits per heavy atom. The number of halogens is 1. The molecular formula is C11H16ClN5O. The topological polar surface area (TPSA) is 85.8 Å². The summed E-state index contributed by atoms with van der Waals surface area (Å²) in [7, 11) is 1.82. The van der Waals surface area contributed by atoms with Crippen LogP contribution in [0.15, 0.2) is 18.2 Å². The number of aromatic nitrogens is 3. The summed E-state index contributed by atoms with van der Waals surface area (Å²) in [4.78, 5) is 11.8. The first-order valence-electron chi connectivity index (χ1n) is 5.50. The van der Waals surface area contributed by atoms with Crippen LogP contribution in [0.5, 0.6) is 0 Å². The quantitative estimate of drug-likeness (QED) is 0.790. The van der Waals surface area contributed by atoms with Crippen LogP contribution in [0.3, 0.4) is 0 Å². The molecule has 0 atom stereocenters. The van der Waals surface area contributed by atoms with E-state index in [1.165, 1.54) is 0 Å². The van der Waals surface area contributed by atoms with E-state index < -0.39 is 0 Å². The van der Waals surface area contributed by atoms with E-state index in [1.807, 2.05) is 13.1 Å². The third-order valence-corrected chi connectivity index (χ3v) is 2.54. The summed E-state index contributed by atoms with van der Waals surface area (Å²) in [6.07, 6.45) is 0.777. The second-order valence-electron chi connectivity index (χ2n) is 3.81. The van der Waals surface area contributed by atoms with Gasteiger partial charge in [-0.3, -0.25) is 4.79 Å². The number of nitrogens with one attached hydrogen (secondary N) is 1. The molecular weight excluding hydrogens is 254 g/mol. The van der Waals surface area contributed by atoms with Crippen molar-refractivity contribution >= 4 is 29.3 Å². The highest BCUT2D eigenvalue weighted by molar-refractivity contribution is 5.97. The lowest BCUT2D eigenvalue weighted by atomic mass is 10.2. The minimum Gasteiger partial charge on any atom is -0.352 e. The zero-order valence-electron chi connectivity index (χ0n) is 10.1. The van der Waals surface area contributed by atoms with E-state index in [-0.39, 0.29) is 18.3 Å². The van der Waals surface area contributed by atoms with Crippen molar-refractivity contribution in [1.82, 2.24) is 20.3 Å². The van der Waals surface area contributed by atoms with Crippen molar-refractivity contribution in [3.63, 3.8) is 0 Å². The highest BCUT2D eigenvalue weighted by Gasteiger charge is 2.08. The third-order valence-electron chi connectivity index (χ3n) is 2.54. The van der Waals surface area contributed by atoms with Crippen LogP contribution in [-0.4, -0.2) is 34.0 Å². The molecule has 98 valence electrons. The highest BCUT2D eigenvalue weighted by Crippen LogP contribution is 2.12. The van der Waals surface area contributed by atoms with Gasteiger partial charge in [0.2, 0.25) is 0 Å². The maximum absolute atomic E-state index is 11.8. The van der Waals surface area contributed by atoms with Crippen LogP contribution in [0.25, 0.3) is 11.0 Å². The lowest BCUT2D eigenvalue weighted by Crippen LogP contribution is -2.25. The van der Waals surface area contributed by atoms with Gasteiger partial charge >= 0.3 is 0 Å². The van der Waals surface area contributed by atoms with Gasteiger partial charge in [0.1, 0.15) is 5.52 Å². The van der Waals surface area contributed by atoms with Gasteiger partial charge in [0.15, 0.2) is 0 Å². The van der Waals surface area contributed by atoms with Gasteiger partial charge in [0, 0.05) is 19.2 Å². The summed E-state index contributed by atoms with van der Waals surface area (Å²) in [5.74, 6) is -0.106. The number of nitrogens with two attached hydrogens (primary N) is 1. The van der Waals surface area contributed by atoms with Crippen LogP contribution in [0.4, 0.5) is 0 Å². The van der Waals surface area contributed by atoms with Crippen molar-refractivity contribution in [2.45, 2.75) is 6.42 Å². The normalized spacial score (nSPS) is 10.1. The summed E-state index contributed by atoms with van der Waals surface area (Å²) in [5.41, 5.74) is 7.58. The van der Waals surface area contributed by atoms with E-state index in [2.05, 4.69) is 15.6 Å². The van der Waals surface area contributed by atoms with Gasteiger partial charge in [-0.05, 0) is 31.2 Å². The van der Waals surface area contributed by atoms with Crippen molar-refractivity contribution in [3.05, 3.63) is 23.8 Å². The Morgan fingerprint density at radius 2 is 2.28 bits per heavy atom. The number of carbonyl (C=O) groups excluding carboxylic acids is 1. The predicted molar refractivity (Wildman–Crippen MR) is 71.8 cm³/mol. The van der Waals surface area contributed by atoms with E-state index in [9.17, 15) is 4.79 Å². The molecule has 0 bridgehead atoms. The monoisotopic (exact) mass is 269 g/mol. The number of hydrogen-bond acceptors (Lipinski definition) is 4. The van der Waals surface area contributed by atoms with Crippen LogP contribution in [0.2, 0.25) is 0 Å². The molecule has 0 aliphatic rings. The van der Waals surface area contributed by atoms with Gasteiger partial charge in [-0.15, -0.1) is 17.5 Å². The Bertz CT molecular complexity index is 539. The number of amides is 1. The Hall–Kier alpha value is -1.66. The SMILES string of the molecule is Cl.Cn1nnc2cc(C(=O)NCCCN)ccc21. The minimum atomic E-state index is -0.106. The molecule has 0 aliphatic heterocycles. The maximum atomic E-state index is 11.8. The lowest BCUT2D eigenvalue weighted by molar-refractivity contribution is 0.0953. The van der Waals surface area contributed by atoms with E-state index in [1.54, 1.807) is 16.8 Å². The molecule has 6 nitrogen and oxygen atoms in total. The van der Waals surface area contributed by atoms with Crippen molar-refractivity contribution < 1.29 is 4.79 Å². The zero-order chi connectivity index (χ0) is 12.3. The molecule has 0 spiro atoms. The fraction of sp³-hybridized carbons (Fsp3) is 0.364. The van der Waals surface area contributed by atoms with E-state index >= 15 is 0 Å². The van der Waals surface area contributed by atoms with E-state index in [0.717, 1.165) is 17.5 Å². The van der Waals surface area contributed by atoms with Crippen LogP contribution in [-0.2, 0) is 7.05 Å². The van der Waals surface area contributed by atoms with Crippen LogP contribution >= 0.6 is 12.4 Å². The van der Waals surface area contributed by atoms with Crippen LogP contribution in [0.1, 0.15) is 16.8 Å². The van der Waals surface area contributed by atoms with E-state index in [0.29, 0.717) is 18.7 Å². The molecule has 18 heavy (non-hydrogen) atoms. The fourth-order valence-corrected chi connectivity index (χ4v) is 1.59. The highest BCUT2D eigenvalue weighted by atomic mass is 35.5. The van der Waals surface area contributed by atoms with Gasteiger partial charge in [-0.25, -0.2) is 4.68 Å². The third kappa shape index (κ3) is 2.96. The molecule has 7 heteroatoms. The summed E-state index contributed by atoms with van der Waals surface area (Å²) >= 11 is 0. The number of rotatable bonds is 4. The second-order valence-corrected chi connectivity index (χ2v) is 3.81. The van der Waals surface area contributed by atoms with Gasteiger partial charge in [0.25, 0.3) is 5.91 Å². The Labute approximate surface area is 111 Å². The summed E-state index contributed by atoms with van der Waals surface area (Å²) in [5, 5.41) is 10.7. The fourth-order valence-electron chi connectivity index (χ4n) is 1.59. The molecule has 0 saturated heterocycles. The van der Waals surface area contributed by atoms with Crippen molar-refractivity contribution in [3.8, 4) is 0 Å². The number of aryl methyl sites for hydroxylation is 1. The Morgan fingerprint density at radius 3 is 3.00 bits per heavy atom. The largest absolute Gasteiger partial charge is 0.352 e. The molecule has 2 aromatic rings. The summed E-state index contributed by atoms with van der Waals surface area (Å²) in [6, 6.07) is 5.34. The van der Waals surface area contributed by atoms with Crippen molar-refractivity contribution in [1.29, 1.82) is 0 Å². The van der Waals surface area contributed by atoms with Crippen LogP contribution in [0, 0.1) is 0 Å². The van der Waals surface area contributed by atoms with Crippen LogP contribution < -0.4 is 11.1 Å². The molecule has 0 aliphatic carbocycles. The zero-order valence-corrected chi connectivity index (χ0v) is 10.9. The average molecular weight is 270 g/mol. The molecule has 1 aromatic carbocycles. The average Bonchev–Trinajstić information content (AvgIpc) is 2.71. The first-order valence-corrected chi connectivity index (χ1v) is 5.50. The Kier molecular flexibility index (Phi) is 5.06. The van der Waals surface area contributed by atoms with Gasteiger partial charge in [-0.1, -0.05) is 5.21 Å². The van der Waals surface area contributed by atoms with Crippen molar-refractivity contribution in [2.75, 3.05) is 13.1 Å². The smallest absolute Gasteiger partial charge is 0.251 e.